The van der Waals surface area contributed by atoms with E-state index in [2.05, 4.69) is 4.98 Å². The first-order valence-corrected chi connectivity index (χ1v) is 6.15. The second-order valence-electron chi connectivity index (χ2n) is 4.64. The fourth-order valence-electron chi connectivity index (χ4n) is 2.50. The lowest BCUT2D eigenvalue weighted by molar-refractivity contribution is 0.0687. The third kappa shape index (κ3) is 1.34. The van der Waals surface area contributed by atoms with E-state index >= 15 is 0 Å². The van der Waals surface area contributed by atoms with Gasteiger partial charge in [0, 0.05) is 25.4 Å². The molecule has 0 fully saturated rings. The first-order valence-electron chi connectivity index (χ1n) is 6.15. The number of rotatable bonds is 1. The molecule has 0 saturated carbocycles. The minimum Gasteiger partial charge on any atom is -0.486 e. The molecule has 0 radical (unpaired) electrons. The average Bonchev–Trinajstić information content (AvgIpc) is 2.94. The fourth-order valence-corrected chi connectivity index (χ4v) is 2.50. The van der Waals surface area contributed by atoms with Gasteiger partial charge in [-0.2, -0.15) is 0 Å². The van der Waals surface area contributed by atoms with Crippen LogP contribution in [0.3, 0.4) is 0 Å². The number of imidazole rings is 2. The molecule has 1 N–H and O–H groups in total. The smallest absolute Gasteiger partial charge is 0.354 e. The van der Waals surface area contributed by atoms with Crippen LogP contribution in [0.4, 0.5) is 0 Å². The number of aromatic carboxylic acids is 1. The standard InChI is InChI=1S/C13H11N3O4/c1-15-9(12(17)18)6-16-8-5-11-10(19-2-3-20-11)4-7(8)14-13(15)16/h4-6H,2-3H2,1H3,(H,17,18). The lowest BCUT2D eigenvalue weighted by Crippen LogP contribution is -2.15. The Kier molecular flexibility index (Phi) is 2.04. The highest BCUT2D eigenvalue weighted by Crippen LogP contribution is 2.34. The van der Waals surface area contributed by atoms with Gasteiger partial charge < -0.3 is 19.1 Å². The van der Waals surface area contributed by atoms with Crippen molar-refractivity contribution in [2.75, 3.05) is 13.2 Å². The highest BCUT2D eigenvalue weighted by Gasteiger charge is 2.19. The van der Waals surface area contributed by atoms with Gasteiger partial charge in [-0.25, -0.2) is 9.78 Å². The number of ether oxygens (including phenoxy) is 2. The molecule has 0 unspecified atom stereocenters. The largest absolute Gasteiger partial charge is 0.486 e. The Morgan fingerprint density at radius 3 is 2.70 bits per heavy atom. The van der Waals surface area contributed by atoms with E-state index in [1.807, 2.05) is 12.1 Å². The third-order valence-corrected chi connectivity index (χ3v) is 3.47. The van der Waals surface area contributed by atoms with Gasteiger partial charge in [-0.3, -0.25) is 4.40 Å². The molecule has 0 aliphatic carbocycles. The van der Waals surface area contributed by atoms with E-state index in [-0.39, 0.29) is 5.69 Å². The molecule has 20 heavy (non-hydrogen) atoms. The maximum atomic E-state index is 11.2. The topological polar surface area (TPSA) is 78.0 Å². The summed E-state index contributed by atoms with van der Waals surface area (Å²) in [6.07, 6.45) is 1.56. The van der Waals surface area contributed by atoms with Crippen LogP contribution >= 0.6 is 0 Å². The van der Waals surface area contributed by atoms with E-state index < -0.39 is 5.97 Å². The van der Waals surface area contributed by atoms with E-state index in [4.69, 9.17) is 14.6 Å². The summed E-state index contributed by atoms with van der Waals surface area (Å²) in [7, 11) is 1.68. The Morgan fingerprint density at radius 2 is 2.00 bits per heavy atom. The van der Waals surface area contributed by atoms with Gasteiger partial charge in [0.05, 0.1) is 11.0 Å². The summed E-state index contributed by atoms with van der Waals surface area (Å²) in [5, 5.41) is 9.14. The van der Waals surface area contributed by atoms with Gasteiger partial charge >= 0.3 is 5.97 Å². The molecule has 7 heteroatoms. The molecule has 3 heterocycles. The van der Waals surface area contributed by atoms with E-state index in [0.29, 0.717) is 30.5 Å². The number of carbonyl (C=O) groups is 1. The molecule has 2 aromatic heterocycles. The number of aryl methyl sites for hydroxylation is 1. The number of fused-ring (bicyclic) bond motifs is 4. The van der Waals surface area contributed by atoms with Crippen LogP contribution in [0.5, 0.6) is 11.5 Å². The van der Waals surface area contributed by atoms with Crippen LogP contribution in [-0.2, 0) is 7.05 Å². The predicted octanol–water partition coefficient (Wildman–Crippen LogP) is 1.30. The number of nitrogens with zero attached hydrogens (tertiary/aromatic N) is 3. The first-order chi connectivity index (χ1) is 9.65. The van der Waals surface area contributed by atoms with Crippen molar-refractivity contribution < 1.29 is 19.4 Å². The molecule has 102 valence electrons. The number of carboxylic acid groups (broad SMARTS) is 1. The van der Waals surface area contributed by atoms with E-state index in [1.54, 1.807) is 22.2 Å². The van der Waals surface area contributed by atoms with Crippen LogP contribution in [0.2, 0.25) is 0 Å². The van der Waals surface area contributed by atoms with Crippen LogP contribution in [0, 0.1) is 0 Å². The number of aromatic nitrogens is 3. The second kappa shape index (κ2) is 3.66. The highest BCUT2D eigenvalue weighted by atomic mass is 16.6. The normalized spacial score (nSPS) is 14.1. The van der Waals surface area contributed by atoms with Gasteiger partial charge in [0.15, 0.2) is 11.5 Å². The Labute approximate surface area is 113 Å². The summed E-state index contributed by atoms with van der Waals surface area (Å²) >= 11 is 0. The molecule has 0 saturated heterocycles. The summed E-state index contributed by atoms with van der Waals surface area (Å²) in [5.41, 5.74) is 1.73. The van der Waals surface area contributed by atoms with E-state index in [9.17, 15) is 4.79 Å². The average molecular weight is 273 g/mol. The van der Waals surface area contributed by atoms with Gasteiger partial charge in [-0.15, -0.1) is 0 Å². The molecular formula is C13H11N3O4. The van der Waals surface area contributed by atoms with Crippen LogP contribution < -0.4 is 9.47 Å². The van der Waals surface area contributed by atoms with Crippen molar-refractivity contribution in [3.05, 3.63) is 24.0 Å². The molecular weight excluding hydrogens is 262 g/mol. The van der Waals surface area contributed by atoms with E-state index in [0.717, 1.165) is 11.0 Å². The third-order valence-electron chi connectivity index (χ3n) is 3.47. The van der Waals surface area contributed by atoms with Crippen molar-refractivity contribution in [1.29, 1.82) is 0 Å². The van der Waals surface area contributed by atoms with Crippen LogP contribution in [0.1, 0.15) is 10.5 Å². The minimum absolute atomic E-state index is 0.185. The molecule has 1 aromatic carbocycles. The molecule has 0 bridgehead atoms. The van der Waals surface area contributed by atoms with E-state index in [1.165, 1.54) is 0 Å². The maximum Gasteiger partial charge on any atom is 0.354 e. The SMILES string of the molecule is Cn1c(C(=O)O)cn2c3cc4c(cc3nc12)OCCO4. The second-order valence-corrected chi connectivity index (χ2v) is 4.64. The number of hydrogen-bond acceptors (Lipinski definition) is 4. The molecule has 0 atom stereocenters. The van der Waals surface area contributed by atoms with Gasteiger partial charge in [0.25, 0.3) is 0 Å². The van der Waals surface area contributed by atoms with Crippen LogP contribution in [-0.4, -0.2) is 38.2 Å². The summed E-state index contributed by atoms with van der Waals surface area (Å²) in [4.78, 5) is 15.6. The highest BCUT2D eigenvalue weighted by molar-refractivity contribution is 5.89. The summed E-state index contributed by atoms with van der Waals surface area (Å²) in [6, 6.07) is 3.65. The molecule has 0 spiro atoms. The van der Waals surface area contributed by atoms with Gasteiger partial charge in [-0.1, -0.05) is 0 Å². The van der Waals surface area contributed by atoms with Gasteiger partial charge in [-0.05, 0) is 0 Å². The zero-order valence-corrected chi connectivity index (χ0v) is 10.7. The molecule has 7 nitrogen and oxygen atoms in total. The monoisotopic (exact) mass is 273 g/mol. The first kappa shape index (κ1) is 11.2. The van der Waals surface area contributed by atoms with Crippen molar-refractivity contribution in [2.24, 2.45) is 7.05 Å². The van der Waals surface area contributed by atoms with Gasteiger partial charge in [0.1, 0.15) is 18.9 Å². The van der Waals surface area contributed by atoms with Crippen molar-refractivity contribution in [3.63, 3.8) is 0 Å². The number of hydrogen-bond donors (Lipinski definition) is 1. The maximum absolute atomic E-state index is 11.2. The lowest BCUT2D eigenvalue weighted by atomic mass is 10.2. The molecule has 3 aromatic rings. The Bertz CT molecular complexity index is 862. The Hall–Kier alpha value is -2.70. The van der Waals surface area contributed by atoms with Crippen LogP contribution in [0.15, 0.2) is 18.3 Å². The quantitative estimate of drug-likeness (QED) is 0.723. The van der Waals surface area contributed by atoms with Crippen molar-refractivity contribution in [2.45, 2.75) is 0 Å². The van der Waals surface area contributed by atoms with Gasteiger partial charge in [0.2, 0.25) is 5.78 Å². The molecule has 0 amide bonds. The van der Waals surface area contributed by atoms with Crippen molar-refractivity contribution in [3.8, 4) is 11.5 Å². The number of benzene rings is 1. The number of carboxylic acids is 1. The Morgan fingerprint density at radius 1 is 1.30 bits per heavy atom. The fraction of sp³-hybridized carbons (Fsp3) is 0.231. The molecule has 1 aliphatic rings. The van der Waals surface area contributed by atoms with Crippen molar-refractivity contribution in [1.82, 2.24) is 14.0 Å². The lowest BCUT2D eigenvalue weighted by Gasteiger charge is -2.17. The summed E-state index contributed by atoms with van der Waals surface area (Å²) in [5.74, 6) is 0.917. The summed E-state index contributed by atoms with van der Waals surface area (Å²) in [6.45, 7) is 1.03. The minimum atomic E-state index is -0.983. The van der Waals surface area contributed by atoms with Crippen LogP contribution in [0.25, 0.3) is 16.8 Å². The molecule has 1 aliphatic heterocycles. The Balaban J connectivity index is 2.05. The zero-order valence-electron chi connectivity index (χ0n) is 10.7. The molecule has 4 rings (SSSR count). The predicted molar refractivity (Wildman–Crippen MR) is 69.6 cm³/mol. The zero-order chi connectivity index (χ0) is 13.9. The summed E-state index contributed by atoms with van der Waals surface area (Å²) < 4.78 is 14.4. The van der Waals surface area contributed by atoms with Crippen molar-refractivity contribution >= 4 is 22.8 Å².